The average Bonchev–Trinajstić information content (AvgIpc) is 2.92. The first-order chi connectivity index (χ1) is 9.65. The highest BCUT2D eigenvalue weighted by Crippen LogP contribution is 2.18. The fraction of sp³-hybridized carbons (Fsp3) is 0.533. The molecule has 0 radical (unpaired) electrons. The zero-order valence-corrected chi connectivity index (χ0v) is 14.6. The molecule has 1 saturated heterocycles. The predicted molar refractivity (Wildman–Crippen MR) is 94.6 cm³/mol. The molecule has 1 amide bonds. The summed E-state index contributed by atoms with van der Waals surface area (Å²) in [5, 5.41) is 6.12. The lowest BCUT2D eigenvalue weighted by Gasteiger charge is -2.13. The van der Waals surface area contributed by atoms with Crippen molar-refractivity contribution >= 4 is 36.4 Å². The van der Waals surface area contributed by atoms with Gasteiger partial charge in [-0.2, -0.15) is 0 Å². The summed E-state index contributed by atoms with van der Waals surface area (Å²) < 4.78 is 5.66. The Bertz CT molecular complexity index is 452. The number of hydrogen-bond acceptors (Lipinski definition) is 4. The Labute approximate surface area is 144 Å². The van der Waals surface area contributed by atoms with Crippen molar-refractivity contribution in [1.29, 1.82) is 0 Å². The van der Waals surface area contributed by atoms with Gasteiger partial charge in [0.25, 0.3) is 0 Å². The van der Waals surface area contributed by atoms with E-state index in [9.17, 15) is 4.79 Å². The molecule has 1 heterocycles. The minimum Gasteiger partial charge on any atom is -0.492 e. The molecule has 1 atom stereocenters. The molecular formula is C15H25Cl2N3O2. The maximum absolute atomic E-state index is 12.0. The van der Waals surface area contributed by atoms with Gasteiger partial charge < -0.3 is 20.3 Å². The molecular weight excluding hydrogens is 325 g/mol. The topological polar surface area (TPSA) is 53.6 Å². The lowest BCUT2D eigenvalue weighted by atomic mass is 10.2. The van der Waals surface area contributed by atoms with Crippen molar-refractivity contribution in [3.05, 3.63) is 24.3 Å². The van der Waals surface area contributed by atoms with E-state index in [1.54, 1.807) is 0 Å². The van der Waals surface area contributed by atoms with E-state index in [0.717, 1.165) is 37.4 Å². The lowest BCUT2D eigenvalue weighted by molar-refractivity contribution is -0.117. The molecule has 126 valence electrons. The Balaban J connectivity index is 0.00000220. The standard InChI is InChI=1S/C15H23N3O2.2ClH/c1-18(2)9-10-20-13-6-3-5-12(11-13)17-15(19)14-7-4-8-16-14;;/h3,5-6,11,14,16H,4,7-10H2,1-2H3,(H,17,19);2*1H. The molecule has 5 nitrogen and oxygen atoms in total. The van der Waals surface area contributed by atoms with Gasteiger partial charge in [-0.25, -0.2) is 0 Å². The van der Waals surface area contributed by atoms with Crippen molar-refractivity contribution < 1.29 is 9.53 Å². The van der Waals surface area contributed by atoms with Crippen LogP contribution in [0.4, 0.5) is 5.69 Å². The quantitative estimate of drug-likeness (QED) is 0.826. The van der Waals surface area contributed by atoms with Gasteiger partial charge in [0.15, 0.2) is 0 Å². The van der Waals surface area contributed by atoms with Crippen LogP contribution in [0.25, 0.3) is 0 Å². The first-order valence-electron chi connectivity index (χ1n) is 7.07. The fourth-order valence-electron chi connectivity index (χ4n) is 2.15. The second kappa shape index (κ2) is 10.7. The first kappa shape index (κ1) is 21.0. The molecule has 1 aliphatic heterocycles. The number of anilines is 1. The summed E-state index contributed by atoms with van der Waals surface area (Å²) in [7, 11) is 4.02. The smallest absolute Gasteiger partial charge is 0.241 e. The summed E-state index contributed by atoms with van der Waals surface area (Å²) >= 11 is 0. The number of nitrogens with one attached hydrogen (secondary N) is 2. The van der Waals surface area contributed by atoms with Gasteiger partial charge in [0.1, 0.15) is 12.4 Å². The summed E-state index contributed by atoms with van der Waals surface area (Å²) in [6.07, 6.45) is 1.97. The van der Waals surface area contributed by atoms with Crippen LogP contribution in [0, 0.1) is 0 Å². The van der Waals surface area contributed by atoms with Crippen LogP contribution in [-0.2, 0) is 4.79 Å². The summed E-state index contributed by atoms with van der Waals surface area (Å²) in [6, 6.07) is 7.48. The SMILES string of the molecule is CN(C)CCOc1cccc(NC(=O)C2CCCN2)c1.Cl.Cl. The Morgan fingerprint density at radius 1 is 1.41 bits per heavy atom. The van der Waals surface area contributed by atoms with E-state index >= 15 is 0 Å². The fourth-order valence-corrected chi connectivity index (χ4v) is 2.15. The van der Waals surface area contributed by atoms with Gasteiger partial charge in [0, 0.05) is 18.3 Å². The Hall–Kier alpha value is -1.01. The minimum absolute atomic E-state index is 0. The van der Waals surface area contributed by atoms with Crippen molar-refractivity contribution in [1.82, 2.24) is 10.2 Å². The average molecular weight is 350 g/mol. The van der Waals surface area contributed by atoms with E-state index in [0.29, 0.717) is 6.61 Å². The molecule has 1 unspecified atom stereocenters. The third-order valence-electron chi connectivity index (χ3n) is 3.29. The Morgan fingerprint density at radius 3 is 2.82 bits per heavy atom. The number of ether oxygens (including phenoxy) is 1. The van der Waals surface area contributed by atoms with Crippen LogP contribution in [0.3, 0.4) is 0 Å². The molecule has 1 aliphatic rings. The monoisotopic (exact) mass is 349 g/mol. The van der Waals surface area contributed by atoms with Crippen molar-refractivity contribution in [3.63, 3.8) is 0 Å². The Kier molecular flexibility index (Phi) is 10.2. The number of amides is 1. The third kappa shape index (κ3) is 6.83. The van der Waals surface area contributed by atoms with E-state index in [1.165, 1.54) is 0 Å². The van der Waals surface area contributed by atoms with Crippen LogP contribution in [-0.4, -0.2) is 50.6 Å². The zero-order chi connectivity index (χ0) is 14.4. The van der Waals surface area contributed by atoms with Gasteiger partial charge in [0.2, 0.25) is 5.91 Å². The largest absolute Gasteiger partial charge is 0.492 e. The molecule has 0 saturated carbocycles. The van der Waals surface area contributed by atoms with Crippen molar-refractivity contribution in [2.24, 2.45) is 0 Å². The molecule has 1 fully saturated rings. The number of rotatable bonds is 6. The molecule has 1 aromatic rings. The third-order valence-corrected chi connectivity index (χ3v) is 3.29. The normalized spacial score (nSPS) is 16.6. The van der Waals surface area contributed by atoms with Crippen LogP contribution in [0.1, 0.15) is 12.8 Å². The molecule has 2 rings (SSSR count). The summed E-state index contributed by atoms with van der Waals surface area (Å²) in [4.78, 5) is 14.1. The summed E-state index contributed by atoms with van der Waals surface area (Å²) in [5.41, 5.74) is 0.783. The van der Waals surface area contributed by atoms with Gasteiger partial charge in [0.05, 0.1) is 6.04 Å². The highest BCUT2D eigenvalue weighted by Gasteiger charge is 2.21. The second-order valence-electron chi connectivity index (χ2n) is 5.32. The van der Waals surface area contributed by atoms with E-state index < -0.39 is 0 Å². The minimum atomic E-state index is -0.0617. The van der Waals surface area contributed by atoms with Gasteiger partial charge in [-0.05, 0) is 45.6 Å². The van der Waals surface area contributed by atoms with Gasteiger partial charge in [-0.15, -0.1) is 24.8 Å². The first-order valence-corrected chi connectivity index (χ1v) is 7.07. The van der Waals surface area contributed by atoms with Gasteiger partial charge in [-0.3, -0.25) is 4.79 Å². The van der Waals surface area contributed by atoms with Crippen LogP contribution in [0.5, 0.6) is 5.75 Å². The second-order valence-corrected chi connectivity index (χ2v) is 5.32. The number of hydrogen-bond donors (Lipinski definition) is 2. The van der Waals surface area contributed by atoms with Crippen LogP contribution in [0.15, 0.2) is 24.3 Å². The molecule has 0 spiro atoms. The van der Waals surface area contributed by atoms with E-state index in [-0.39, 0.29) is 36.8 Å². The molecule has 1 aromatic carbocycles. The van der Waals surface area contributed by atoms with Crippen molar-refractivity contribution in [2.75, 3.05) is 39.1 Å². The molecule has 2 N–H and O–H groups in total. The predicted octanol–water partition coefficient (Wildman–Crippen LogP) is 2.16. The number of benzene rings is 1. The Morgan fingerprint density at radius 2 is 2.18 bits per heavy atom. The van der Waals surface area contributed by atoms with Crippen molar-refractivity contribution in [2.45, 2.75) is 18.9 Å². The zero-order valence-electron chi connectivity index (χ0n) is 13.0. The number of nitrogens with zero attached hydrogens (tertiary/aromatic N) is 1. The molecule has 7 heteroatoms. The molecule has 22 heavy (non-hydrogen) atoms. The number of halogens is 2. The van der Waals surface area contributed by atoms with Gasteiger partial charge >= 0.3 is 0 Å². The van der Waals surface area contributed by atoms with Crippen LogP contribution < -0.4 is 15.4 Å². The molecule has 0 aromatic heterocycles. The van der Waals surface area contributed by atoms with E-state index in [2.05, 4.69) is 15.5 Å². The van der Waals surface area contributed by atoms with E-state index in [1.807, 2.05) is 38.4 Å². The molecule has 0 aliphatic carbocycles. The number of carbonyl (C=O) groups is 1. The summed E-state index contributed by atoms with van der Waals surface area (Å²) in [5.74, 6) is 0.817. The maximum Gasteiger partial charge on any atom is 0.241 e. The van der Waals surface area contributed by atoms with Crippen LogP contribution in [0.2, 0.25) is 0 Å². The number of likely N-dealkylation sites (N-methyl/N-ethyl adjacent to an activating group) is 1. The van der Waals surface area contributed by atoms with Crippen LogP contribution >= 0.6 is 24.8 Å². The number of carbonyl (C=O) groups excluding carboxylic acids is 1. The summed E-state index contributed by atoms with van der Waals surface area (Å²) in [6.45, 7) is 2.42. The van der Waals surface area contributed by atoms with Crippen molar-refractivity contribution in [3.8, 4) is 5.75 Å². The molecule has 0 bridgehead atoms. The van der Waals surface area contributed by atoms with E-state index in [4.69, 9.17) is 4.74 Å². The maximum atomic E-state index is 12.0. The van der Waals surface area contributed by atoms with Gasteiger partial charge in [-0.1, -0.05) is 6.07 Å². The highest BCUT2D eigenvalue weighted by atomic mass is 35.5. The highest BCUT2D eigenvalue weighted by molar-refractivity contribution is 5.95. The lowest BCUT2D eigenvalue weighted by Crippen LogP contribution is -2.35.